The van der Waals surface area contributed by atoms with Crippen molar-refractivity contribution in [2.45, 2.75) is 56.7 Å². The van der Waals surface area contributed by atoms with Gasteiger partial charge in [-0.2, -0.15) is 0 Å². The number of aromatic nitrogens is 4. The molecule has 10 heteroatoms. The van der Waals surface area contributed by atoms with E-state index < -0.39 is 23.5 Å². The number of hydrogen-bond acceptors (Lipinski definition) is 6. The van der Waals surface area contributed by atoms with Gasteiger partial charge in [0, 0.05) is 23.8 Å². The fourth-order valence-corrected chi connectivity index (χ4v) is 6.83. The second-order valence-electron chi connectivity index (χ2n) is 10.3. The van der Waals surface area contributed by atoms with Crippen molar-refractivity contribution >= 4 is 39.6 Å². The molecule has 0 aliphatic heterocycles. The van der Waals surface area contributed by atoms with Crippen LogP contribution in [0.3, 0.4) is 0 Å². The van der Waals surface area contributed by atoms with Crippen LogP contribution in [0.5, 0.6) is 0 Å². The molecule has 4 aliphatic rings. The maximum atomic E-state index is 12.6. The quantitative estimate of drug-likeness (QED) is 0.379. The van der Waals surface area contributed by atoms with Crippen LogP contribution < -0.4 is 10.6 Å². The standard InChI is InChI=1S/C23H28N6O4/c1-11(10-30)26-21(31)22(32)27-20-16-9-25-19-15(2-3-24-19)18(16)29(28-20)17-13-4-12-5-14(17)8-23(33,6-12)7-13/h2-3,9,11-14,17,28,30,33H,4-8,10H2,1H3,(H,26,31)(H,27,32)/t11-,12?,13-,14+,17?,23?/m1/s1. The normalized spacial score (nSPS) is 31.2. The molecule has 4 bridgehead atoms. The van der Waals surface area contributed by atoms with Crippen LogP contribution in [0.25, 0.3) is 21.9 Å². The lowest BCUT2D eigenvalue weighted by atomic mass is 9.52. The first-order valence-corrected chi connectivity index (χ1v) is 11.6. The van der Waals surface area contributed by atoms with Crippen LogP contribution in [-0.4, -0.2) is 60.0 Å². The van der Waals surface area contributed by atoms with Crippen LogP contribution in [0.1, 0.15) is 45.1 Å². The summed E-state index contributed by atoms with van der Waals surface area (Å²) in [6, 6.07) is 1.56. The third-order valence-corrected chi connectivity index (χ3v) is 7.83. The second-order valence-corrected chi connectivity index (χ2v) is 10.3. The van der Waals surface area contributed by atoms with E-state index in [1.165, 1.54) is 0 Å². The number of hydrogen-bond donors (Lipinski definition) is 5. The minimum Gasteiger partial charge on any atom is -0.394 e. The topological polar surface area (TPSA) is 145 Å². The summed E-state index contributed by atoms with van der Waals surface area (Å²) in [6.45, 7) is 1.36. The lowest BCUT2D eigenvalue weighted by Gasteiger charge is -2.58. The molecule has 33 heavy (non-hydrogen) atoms. The van der Waals surface area contributed by atoms with Gasteiger partial charge in [-0.15, -0.1) is 0 Å². The predicted molar refractivity (Wildman–Crippen MR) is 120 cm³/mol. The van der Waals surface area contributed by atoms with E-state index in [-0.39, 0.29) is 12.6 Å². The van der Waals surface area contributed by atoms with Crippen LogP contribution in [0.15, 0.2) is 18.5 Å². The van der Waals surface area contributed by atoms with Crippen molar-refractivity contribution in [1.29, 1.82) is 0 Å². The summed E-state index contributed by atoms with van der Waals surface area (Å²) < 4.78 is 2.13. The van der Waals surface area contributed by atoms with Crippen molar-refractivity contribution in [1.82, 2.24) is 25.1 Å². The molecule has 174 valence electrons. The van der Waals surface area contributed by atoms with E-state index in [2.05, 4.69) is 30.4 Å². The minimum atomic E-state index is -0.814. The van der Waals surface area contributed by atoms with Gasteiger partial charge in [0.2, 0.25) is 0 Å². The van der Waals surface area contributed by atoms with Gasteiger partial charge in [-0.25, -0.2) is 9.97 Å². The molecule has 0 spiro atoms. The first kappa shape index (κ1) is 20.6. The molecule has 3 aromatic heterocycles. The van der Waals surface area contributed by atoms with Gasteiger partial charge in [-0.1, -0.05) is 0 Å². The number of H-pyrrole nitrogens is 1. The first-order valence-electron chi connectivity index (χ1n) is 11.6. The first-order chi connectivity index (χ1) is 15.8. The number of carbonyl (C=O) groups is 2. The van der Waals surface area contributed by atoms with Crippen LogP contribution in [0.2, 0.25) is 0 Å². The number of rotatable bonds is 4. The third-order valence-electron chi connectivity index (χ3n) is 7.83. The second kappa shape index (κ2) is 7.26. The molecule has 3 heterocycles. The molecular weight excluding hydrogens is 424 g/mol. The molecule has 7 rings (SSSR count). The largest absolute Gasteiger partial charge is 0.394 e. The average molecular weight is 453 g/mol. The van der Waals surface area contributed by atoms with Crippen LogP contribution in [0, 0.1) is 17.8 Å². The monoisotopic (exact) mass is 452 g/mol. The fraction of sp³-hybridized carbons (Fsp3) is 0.565. The van der Waals surface area contributed by atoms with Gasteiger partial charge >= 0.3 is 11.8 Å². The molecule has 5 N–H and O–H groups in total. The number of nitrogens with one attached hydrogen (secondary N) is 3. The van der Waals surface area contributed by atoms with Gasteiger partial charge in [0.25, 0.3) is 0 Å². The van der Waals surface area contributed by atoms with Crippen molar-refractivity contribution in [3.8, 4) is 0 Å². The zero-order valence-corrected chi connectivity index (χ0v) is 18.4. The molecule has 0 radical (unpaired) electrons. The van der Waals surface area contributed by atoms with E-state index in [4.69, 9.17) is 5.11 Å². The highest BCUT2D eigenvalue weighted by molar-refractivity contribution is 6.40. The highest BCUT2D eigenvalue weighted by Gasteiger charge is 2.55. The van der Waals surface area contributed by atoms with Gasteiger partial charge < -0.3 is 20.8 Å². The molecule has 10 nitrogen and oxygen atoms in total. The van der Waals surface area contributed by atoms with E-state index in [1.807, 2.05) is 6.07 Å². The van der Waals surface area contributed by atoms with Crippen molar-refractivity contribution in [2.24, 2.45) is 17.8 Å². The number of anilines is 1. The van der Waals surface area contributed by atoms with E-state index in [9.17, 15) is 14.7 Å². The summed E-state index contributed by atoms with van der Waals surface area (Å²) in [5.41, 5.74) is 0.985. The molecule has 3 unspecified atom stereocenters. The summed E-state index contributed by atoms with van der Waals surface area (Å²) in [5, 5.41) is 30.3. The lowest BCUT2D eigenvalue weighted by molar-refractivity contribution is -0.148. The Morgan fingerprint density at radius 1 is 1.21 bits per heavy atom. The number of fused-ring (bicyclic) bond motifs is 3. The number of amides is 2. The van der Waals surface area contributed by atoms with Crippen molar-refractivity contribution < 1.29 is 19.8 Å². The number of nitrogens with zero attached hydrogens (tertiary/aromatic N) is 3. The van der Waals surface area contributed by atoms with Crippen LogP contribution in [0.4, 0.5) is 5.82 Å². The summed E-state index contributed by atoms with van der Waals surface area (Å²) in [7, 11) is 0. The Balaban J connectivity index is 1.42. The Labute approximate surface area is 189 Å². The molecule has 6 atom stereocenters. The Kier molecular flexibility index (Phi) is 4.54. The zero-order chi connectivity index (χ0) is 22.9. The van der Waals surface area contributed by atoms with Gasteiger partial charge in [0.15, 0.2) is 5.65 Å². The molecule has 4 saturated carbocycles. The van der Waals surface area contributed by atoms with Gasteiger partial charge in [-0.05, 0) is 62.8 Å². The van der Waals surface area contributed by atoms with Gasteiger partial charge in [0.05, 0.1) is 29.2 Å². The molecular formula is C23H28N6O4. The summed E-state index contributed by atoms with van der Waals surface area (Å²) >= 11 is 0. The molecule has 2 amide bonds. The van der Waals surface area contributed by atoms with Crippen molar-refractivity contribution in [2.75, 3.05) is 11.9 Å². The zero-order valence-electron chi connectivity index (χ0n) is 18.4. The smallest absolute Gasteiger partial charge is 0.314 e. The van der Waals surface area contributed by atoms with Crippen molar-refractivity contribution in [3.63, 3.8) is 0 Å². The molecule has 4 aliphatic carbocycles. The van der Waals surface area contributed by atoms with E-state index in [0.29, 0.717) is 34.6 Å². The Hall–Kier alpha value is -2.98. The molecule has 3 aromatic rings. The molecule has 4 fully saturated rings. The lowest BCUT2D eigenvalue weighted by Crippen LogP contribution is -2.55. The van der Waals surface area contributed by atoms with E-state index >= 15 is 0 Å². The Morgan fingerprint density at radius 3 is 2.67 bits per heavy atom. The average Bonchev–Trinajstić information content (AvgIpc) is 3.37. The predicted octanol–water partition coefficient (Wildman–Crippen LogP) is 1.46. The summed E-state index contributed by atoms with van der Waals surface area (Å²) in [5.74, 6) is 0.0413. The van der Waals surface area contributed by atoms with Crippen molar-refractivity contribution in [3.05, 3.63) is 18.5 Å². The maximum Gasteiger partial charge on any atom is 0.314 e. The highest BCUT2D eigenvalue weighted by atomic mass is 16.3. The maximum absolute atomic E-state index is 12.6. The molecule has 0 saturated heterocycles. The highest BCUT2D eigenvalue weighted by Crippen LogP contribution is 2.60. The summed E-state index contributed by atoms with van der Waals surface area (Å²) in [6.07, 6.45) is 8.05. The van der Waals surface area contributed by atoms with E-state index in [0.717, 1.165) is 43.0 Å². The number of aliphatic hydroxyl groups excluding tert-OH is 1. The van der Waals surface area contributed by atoms with E-state index in [1.54, 1.807) is 19.3 Å². The summed E-state index contributed by atoms with van der Waals surface area (Å²) in [4.78, 5) is 33.6. The third kappa shape index (κ3) is 3.23. The minimum absolute atomic E-state index is 0.165. The SMILES string of the molecule is C[C@H](CO)NC(=O)C(=O)Nc1[nH]n(C2[C@@H]3CC4C[C@H]2CC(O)(C4)C3)c2c1cnc1nccc12. The Bertz CT molecular complexity index is 1250. The number of carbonyl (C=O) groups excluding carboxylic acids is 2. The van der Waals surface area contributed by atoms with Gasteiger partial charge in [-0.3, -0.25) is 19.4 Å². The van der Waals surface area contributed by atoms with Gasteiger partial charge in [0.1, 0.15) is 5.82 Å². The fourth-order valence-electron chi connectivity index (χ4n) is 6.83. The number of aromatic amines is 1. The number of aliphatic hydroxyl groups is 2. The van der Waals surface area contributed by atoms with Crippen LogP contribution >= 0.6 is 0 Å². The number of pyridine rings is 1. The molecule has 0 aromatic carbocycles. The van der Waals surface area contributed by atoms with Crippen LogP contribution in [-0.2, 0) is 9.59 Å². The Morgan fingerprint density at radius 2 is 1.97 bits per heavy atom.